The molecule has 26 heavy (non-hydrogen) atoms. The van der Waals surface area contributed by atoms with Crippen molar-refractivity contribution in [3.63, 3.8) is 0 Å². The summed E-state index contributed by atoms with van der Waals surface area (Å²) < 4.78 is 0. The first-order valence-corrected chi connectivity index (χ1v) is 8.77. The summed E-state index contributed by atoms with van der Waals surface area (Å²) in [5, 5.41) is 2.88. The third-order valence-corrected chi connectivity index (χ3v) is 4.07. The largest absolute Gasteiger partial charge is 0.325 e. The molecule has 0 spiro atoms. The van der Waals surface area contributed by atoms with Crippen LogP contribution in [0.2, 0.25) is 0 Å². The van der Waals surface area contributed by atoms with Crippen LogP contribution in [-0.4, -0.2) is 10.9 Å². The van der Waals surface area contributed by atoms with E-state index in [1.807, 2.05) is 62.4 Å². The van der Waals surface area contributed by atoms with Crippen molar-refractivity contribution in [2.24, 2.45) is 5.92 Å². The van der Waals surface area contributed by atoms with Gasteiger partial charge in [0.15, 0.2) is 0 Å². The van der Waals surface area contributed by atoms with Crippen molar-refractivity contribution in [1.29, 1.82) is 0 Å². The number of anilines is 3. The Hall–Kier alpha value is -3.14. The molecule has 1 heterocycles. The fourth-order valence-electron chi connectivity index (χ4n) is 2.58. The Kier molecular flexibility index (Phi) is 5.64. The van der Waals surface area contributed by atoms with E-state index in [2.05, 4.69) is 39.5 Å². The van der Waals surface area contributed by atoms with Gasteiger partial charge in [-0.1, -0.05) is 62.4 Å². The Balaban J connectivity index is 1.86. The average Bonchev–Trinajstić information content (AvgIpc) is 2.68. The highest BCUT2D eigenvalue weighted by Crippen LogP contribution is 2.26. The molecule has 4 heteroatoms. The van der Waals surface area contributed by atoms with Crippen LogP contribution in [0.25, 0.3) is 0 Å². The van der Waals surface area contributed by atoms with E-state index in [-0.39, 0.29) is 11.8 Å². The van der Waals surface area contributed by atoms with Crippen LogP contribution in [0.15, 0.2) is 79.0 Å². The normalized spacial score (nSPS) is 10.6. The first kappa shape index (κ1) is 17.7. The van der Waals surface area contributed by atoms with Gasteiger partial charge in [0.1, 0.15) is 5.82 Å². The van der Waals surface area contributed by atoms with Crippen LogP contribution in [0.3, 0.4) is 0 Å². The highest BCUT2D eigenvalue weighted by atomic mass is 16.1. The first-order chi connectivity index (χ1) is 12.6. The molecule has 0 aliphatic carbocycles. The Bertz CT molecular complexity index is 830. The number of carbonyl (C=O) groups is 1. The van der Waals surface area contributed by atoms with Crippen molar-refractivity contribution in [1.82, 2.24) is 4.98 Å². The van der Waals surface area contributed by atoms with Crippen molar-refractivity contribution in [3.05, 3.63) is 84.6 Å². The number of hydrogen-bond donors (Lipinski definition) is 1. The third-order valence-electron chi connectivity index (χ3n) is 4.07. The summed E-state index contributed by atoms with van der Waals surface area (Å²) in [6, 6.07) is 24.3. The standard InChI is InChI=1S/C22H23N3O/c1-17(2)22(26)24-19-13-14-21(23-15-19)25(20-11-7-4-8-12-20)16-18-9-5-3-6-10-18/h3-15,17H,16H2,1-2H3,(H,24,26). The van der Waals surface area contributed by atoms with Crippen LogP contribution < -0.4 is 10.2 Å². The molecule has 132 valence electrons. The number of pyridine rings is 1. The lowest BCUT2D eigenvalue weighted by atomic mass is 10.2. The molecule has 0 radical (unpaired) electrons. The molecule has 1 amide bonds. The maximum absolute atomic E-state index is 11.8. The second kappa shape index (κ2) is 8.30. The summed E-state index contributed by atoms with van der Waals surface area (Å²) in [5.74, 6) is 0.764. The predicted octanol–water partition coefficient (Wildman–Crippen LogP) is 5.01. The molecule has 4 nitrogen and oxygen atoms in total. The highest BCUT2D eigenvalue weighted by molar-refractivity contribution is 5.92. The van der Waals surface area contributed by atoms with Gasteiger partial charge in [-0.05, 0) is 29.8 Å². The minimum Gasteiger partial charge on any atom is -0.325 e. The van der Waals surface area contributed by atoms with Crippen molar-refractivity contribution in [2.45, 2.75) is 20.4 Å². The van der Waals surface area contributed by atoms with Gasteiger partial charge in [-0.3, -0.25) is 4.79 Å². The van der Waals surface area contributed by atoms with E-state index in [0.717, 1.165) is 18.1 Å². The van der Waals surface area contributed by atoms with Gasteiger partial charge in [0.05, 0.1) is 11.9 Å². The maximum atomic E-state index is 11.8. The van der Waals surface area contributed by atoms with Crippen LogP contribution in [0.1, 0.15) is 19.4 Å². The summed E-state index contributed by atoms with van der Waals surface area (Å²) in [6.07, 6.45) is 1.70. The zero-order valence-electron chi connectivity index (χ0n) is 15.1. The summed E-state index contributed by atoms with van der Waals surface area (Å²) in [7, 11) is 0. The first-order valence-electron chi connectivity index (χ1n) is 8.77. The number of amides is 1. The van der Waals surface area contributed by atoms with E-state index in [1.165, 1.54) is 5.56 Å². The second-order valence-electron chi connectivity index (χ2n) is 6.46. The van der Waals surface area contributed by atoms with Gasteiger partial charge in [0, 0.05) is 18.2 Å². The molecule has 0 saturated heterocycles. The predicted molar refractivity (Wildman–Crippen MR) is 106 cm³/mol. The van der Waals surface area contributed by atoms with Crippen LogP contribution in [0.4, 0.5) is 17.2 Å². The Labute approximate surface area is 154 Å². The summed E-state index contributed by atoms with van der Waals surface area (Å²) in [4.78, 5) is 18.6. The number of nitrogens with zero attached hydrogens (tertiary/aromatic N) is 2. The molecule has 0 aliphatic rings. The smallest absolute Gasteiger partial charge is 0.226 e. The molecule has 0 fully saturated rings. The fraction of sp³-hybridized carbons (Fsp3) is 0.182. The number of hydrogen-bond acceptors (Lipinski definition) is 3. The SMILES string of the molecule is CC(C)C(=O)Nc1ccc(N(Cc2ccccc2)c2ccccc2)nc1. The lowest BCUT2D eigenvalue weighted by molar-refractivity contribution is -0.118. The summed E-state index contributed by atoms with van der Waals surface area (Å²) >= 11 is 0. The van der Waals surface area contributed by atoms with Gasteiger partial charge in [-0.15, -0.1) is 0 Å². The topological polar surface area (TPSA) is 45.2 Å². The van der Waals surface area contributed by atoms with Gasteiger partial charge >= 0.3 is 0 Å². The Morgan fingerprint density at radius 3 is 2.19 bits per heavy atom. The molecule has 0 aliphatic heterocycles. The molecule has 1 N–H and O–H groups in total. The minimum absolute atomic E-state index is 0.0104. The van der Waals surface area contributed by atoms with E-state index < -0.39 is 0 Å². The highest BCUT2D eigenvalue weighted by Gasteiger charge is 2.12. The molecule has 0 unspecified atom stereocenters. The molecule has 3 rings (SSSR count). The lowest BCUT2D eigenvalue weighted by Crippen LogP contribution is -2.19. The zero-order valence-corrected chi connectivity index (χ0v) is 15.1. The van der Waals surface area contributed by atoms with Gasteiger partial charge in [-0.25, -0.2) is 4.98 Å². The number of benzene rings is 2. The summed E-state index contributed by atoms with van der Waals surface area (Å²) in [6.45, 7) is 4.46. The molecule has 0 atom stereocenters. The monoisotopic (exact) mass is 345 g/mol. The van der Waals surface area contributed by atoms with Crippen molar-refractivity contribution < 1.29 is 4.79 Å². The van der Waals surface area contributed by atoms with Crippen molar-refractivity contribution in [2.75, 3.05) is 10.2 Å². The Morgan fingerprint density at radius 2 is 1.62 bits per heavy atom. The third kappa shape index (κ3) is 4.48. The van der Waals surface area contributed by atoms with E-state index in [1.54, 1.807) is 6.20 Å². The number of aromatic nitrogens is 1. The quantitative estimate of drug-likeness (QED) is 0.683. The Morgan fingerprint density at radius 1 is 0.962 bits per heavy atom. The van der Waals surface area contributed by atoms with E-state index in [9.17, 15) is 4.79 Å². The van der Waals surface area contributed by atoms with Crippen molar-refractivity contribution in [3.8, 4) is 0 Å². The van der Waals surface area contributed by atoms with E-state index >= 15 is 0 Å². The van der Waals surface area contributed by atoms with E-state index in [4.69, 9.17) is 0 Å². The van der Waals surface area contributed by atoms with E-state index in [0.29, 0.717) is 5.69 Å². The van der Waals surface area contributed by atoms with Crippen molar-refractivity contribution >= 4 is 23.1 Å². The number of carbonyl (C=O) groups excluding carboxylic acids is 1. The maximum Gasteiger partial charge on any atom is 0.226 e. The van der Waals surface area contributed by atoms with Crippen LogP contribution in [-0.2, 0) is 11.3 Å². The number of rotatable bonds is 6. The second-order valence-corrected chi connectivity index (χ2v) is 6.46. The zero-order chi connectivity index (χ0) is 18.4. The molecule has 1 aromatic heterocycles. The number of para-hydroxylation sites is 1. The van der Waals surface area contributed by atoms with Crippen LogP contribution in [0, 0.1) is 5.92 Å². The number of nitrogens with one attached hydrogen (secondary N) is 1. The van der Waals surface area contributed by atoms with Gasteiger partial charge in [-0.2, -0.15) is 0 Å². The van der Waals surface area contributed by atoms with Crippen LogP contribution >= 0.6 is 0 Å². The molecular weight excluding hydrogens is 322 g/mol. The lowest BCUT2D eigenvalue weighted by Gasteiger charge is -2.24. The average molecular weight is 345 g/mol. The minimum atomic E-state index is -0.0615. The van der Waals surface area contributed by atoms with Crippen LogP contribution in [0.5, 0.6) is 0 Å². The molecule has 3 aromatic rings. The molecular formula is C22H23N3O. The molecule has 2 aromatic carbocycles. The fourth-order valence-corrected chi connectivity index (χ4v) is 2.58. The summed E-state index contributed by atoms with van der Waals surface area (Å²) in [5.41, 5.74) is 2.98. The van der Waals surface area contributed by atoms with Gasteiger partial charge in [0.25, 0.3) is 0 Å². The molecule has 0 bridgehead atoms. The van der Waals surface area contributed by atoms with Gasteiger partial charge < -0.3 is 10.2 Å². The molecule has 0 saturated carbocycles. The van der Waals surface area contributed by atoms with Gasteiger partial charge in [0.2, 0.25) is 5.91 Å².